The van der Waals surface area contributed by atoms with Crippen LogP contribution in [-0.2, 0) is 0 Å². The van der Waals surface area contributed by atoms with E-state index in [1.807, 2.05) is 0 Å². The van der Waals surface area contributed by atoms with Gasteiger partial charge in [0.25, 0.3) is 0 Å². The maximum absolute atomic E-state index is 3.32. The first kappa shape index (κ1) is 9.17. The van der Waals surface area contributed by atoms with Crippen LogP contribution in [0.1, 0.15) is 34.6 Å². The lowest BCUT2D eigenvalue weighted by Gasteiger charge is -2.26. The van der Waals surface area contributed by atoms with E-state index in [9.17, 15) is 0 Å². The lowest BCUT2D eigenvalue weighted by atomic mass is 10.2. The molecule has 0 aromatic heterocycles. The van der Waals surface area contributed by atoms with E-state index in [4.69, 9.17) is 0 Å². The van der Waals surface area contributed by atoms with Crippen LogP contribution in [0.3, 0.4) is 0 Å². The molecule has 0 spiro atoms. The van der Waals surface area contributed by atoms with Crippen LogP contribution in [0.5, 0.6) is 0 Å². The van der Waals surface area contributed by atoms with Gasteiger partial charge in [0.1, 0.15) is 0 Å². The fourth-order valence-corrected chi connectivity index (χ4v) is 1.35. The van der Waals surface area contributed by atoms with E-state index in [0.717, 1.165) is 0 Å². The molecule has 2 nitrogen and oxygen atoms in total. The fraction of sp³-hybridized carbons (Fsp3) is 0.600. The molecular weight excluding hydrogens is 148 g/mol. The van der Waals surface area contributed by atoms with Crippen LogP contribution in [0.4, 0.5) is 0 Å². The number of allylic oxidation sites excluding steroid dienone is 3. The van der Waals surface area contributed by atoms with Crippen molar-refractivity contribution >= 4 is 0 Å². The highest BCUT2D eigenvalue weighted by Gasteiger charge is 2.18. The standard InChI is InChI=1S/C10H18N2/c1-7(2)10-6-9(5)11-12(10)8(3)4/h6,8,11H,1-5H3. The van der Waals surface area contributed by atoms with Crippen molar-refractivity contribution < 1.29 is 0 Å². The predicted molar refractivity (Wildman–Crippen MR) is 52.2 cm³/mol. The minimum absolute atomic E-state index is 0.503. The average molecular weight is 166 g/mol. The molecule has 1 aliphatic rings. The number of hydrogen-bond donors (Lipinski definition) is 1. The Hall–Kier alpha value is -0.920. The second kappa shape index (κ2) is 3.21. The fourth-order valence-electron chi connectivity index (χ4n) is 1.35. The summed E-state index contributed by atoms with van der Waals surface area (Å²) in [4.78, 5) is 0. The van der Waals surface area contributed by atoms with Crippen molar-refractivity contribution in [3.8, 4) is 0 Å². The van der Waals surface area contributed by atoms with Crippen LogP contribution in [0, 0.1) is 0 Å². The Kier molecular flexibility index (Phi) is 2.46. The smallest absolute Gasteiger partial charge is 0.0579 e. The molecule has 0 aromatic rings. The van der Waals surface area contributed by atoms with Crippen LogP contribution in [0.15, 0.2) is 23.0 Å². The third kappa shape index (κ3) is 1.63. The predicted octanol–water partition coefficient (Wildman–Crippen LogP) is 2.41. The molecule has 0 atom stereocenters. The minimum atomic E-state index is 0.503. The van der Waals surface area contributed by atoms with Crippen molar-refractivity contribution in [2.75, 3.05) is 0 Å². The number of hydrogen-bond acceptors (Lipinski definition) is 2. The largest absolute Gasteiger partial charge is 0.302 e. The van der Waals surface area contributed by atoms with Gasteiger partial charge in [0, 0.05) is 11.7 Å². The molecule has 2 heteroatoms. The van der Waals surface area contributed by atoms with Crippen molar-refractivity contribution in [2.45, 2.75) is 40.7 Å². The highest BCUT2D eigenvalue weighted by molar-refractivity contribution is 5.29. The summed E-state index contributed by atoms with van der Waals surface area (Å²) in [6, 6.07) is 0.503. The topological polar surface area (TPSA) is 15.3 Å². The summed E-state index contributed by atoms with van der Waals surface area (Å²) in [5, 5.41) is 2.20. The molecule has 1 aliphatic heterocycles. The lowest BCUT2D eigenvalue weighted by molar-refractivity contribution is 0.244. The third-order valence-corrected chi connectivity index (χ3v) is 1.94. The molecule has 1 heterocycles. The highest BCUT2D eigenvalue weighted by atomic mass is 15.5. The first-order valence-electron chi connectivity index (χ1n) is 4.44. The quantitative estimate of drug-likeness (QED) is 0.643. The van der Waals surface area contributed by atoms with E-state index in [1.54, 1.807) is 0 Å². The molecule has 0 aliphatic carbocycles. The maximum atomic E-state index is 3.32. The number of rotatable bonds is 1. The van der Waals surface area contributed by atoms with Gasteiger partial charge < -0.3 is 5.43 Å². The number of nitrogens with zero attached hydrogens (tertiary/aromatic N) is 1. The molecule has 0 amide bonds. The van der Waals surface area contributed by atoms with Crippen LogP contribution >= 0.6 is 0 Å². The molecule has 0 unspecified atom stereocenters. The van der Waals surface area contributed by atoms with E-state index >= 15 is 0 Å². The van der Waals surface area contributed by atoms with Gasteiger partial charge in [-0.2, -0.15) is 0 Å². The van der Waals surface area contributed by atoms with Gasteiger partial charge in [-0.05, 0) is 40.7 Å². The molecule has 0 saturated heterocycles. The summed E-state index contributed by atoms with van der Waals surface area (Å²) in [6.45, 7) is 10.7. The second-order valence-corrected chi connectivity index (χ2v) is 3.79. The lowest BCUT2D eigenvalue weighted by Crippen LogP contribution is -2.36. The summed E-state index contributed by atoms with van der Waals surface area (Å²) in [6.07, 6.45) is 2.19. The molecule has 0 aromatic carbocycles. The van der Waals surface area contributed by atoms with E-state index in [0.29, 0.717) is 6.04 Å². The SMILES string of the molecule is CC1=CC(=C(C)C)N(C(C)C)N1. The molecule has 68 valence electrons. The third-order valence-electron chi connectivity index (χ3n) is 1.94. The molecule has 0 fully saturated rings. The first-order valence-corrected chi connectivity index (χ1v) is 4.44. The minimum Gasteiger partial charge on any atom is -0.302 e. The van der Waals surface area contributed by atoms with Gasteiger partial charge in [-0.15, -0.1) is 0 Å². The second-order valence-electron chi connectivity index (χ2n) is 3.79. The van der Waals surface area contributed by atoms with Crippen LogP contribution in [-0.4, -0.2) is 11.1 Å². The van der Waals surface area contributed by atoms with Gasteiger partial charge in [0.2, 0.25) is 0 Å². The maximum Gasteiger partial charge on any atom is 0.0579 e. The Morgan fingerprint density at radius 1 is 1.42 bits per heavy atom. The molecule has 0 radical (unpaired) electrons. The Balaban J connectivity index is 2.90. The van der Waals surface area contributed by atoms with Crippen molar-refractivity contribution in [3.63, 3.8) is 0 Å². The zero-order valence-electron chi connectivity index (χ0n) is 8.60. The first-order chi connectivity index (χ1) is 5.52. The molecule has 12 heavy (non-hydrogen) atoms. The molecule has 1 N–H and O–H groups in total. The normalized spacial score (nSPS) is 16.7. The van der Waals surface area contributed by atoms with E-state index < -0.39 is 0 Å². The zero-order chi connectivity index (χ0) is 9.30. The Morgan fingerprint density at radius 3 is 2.33 bits per heavy atom. The van der Waals surface area contributed by atoms with Crippen molar-refractivity contribution in [2.24, 2.45) is 0 Å². The van der Waals surface area contributed by atoms with Crippen molar-refractivity contribution in [1.82, 2.24) is 10.4 Å². The van der Waals surface area contributed by atoms with Gasteiger partial charge >= 0.3 is 0 Å². The van der Waals surface area contributed by atoms with Crippen LogP contribution in [0.25, 0.3) is 0 Å². The summed E-state index contributed by atoms with van der Waals surface area (Å²) in [5.41, 5.74) is 7.21. The van der Waals surface area contributed by atoms with Gasteiger partial charge in [0.05, 0.1) is 5.70 Å². The monoisotopic (exact) mass is 166 g/mol. The Labute approximate surface area is 74.9 Å². The van der Waals surface area contributed by atoms with Gasteiger partial charge in [-0.25, -0.2) is 0 Å². The van der Waals surface area contributed by atoms with E-state index in [-0.39, 0.29) is 0 Å². The van der Waals surface area contributed by atoms with Gasteiger partial charge in [-0.3, -0.25) is 5.01 Å². The molecule has 1 rings (SSSR count). The Morgan fingerprint density at radius 2 is 2.00 bits per heavy atom. The van der Waals surface area contributed by atoms with Crippen molar-refractivity contribution in [1.29, 1.82) is 0 Å². The van der Waals surface area contributed by atoms with Crippen LogP contribution < -0.4 is 5.43 Å². The van der Waals surface area contributed by atoms with E-state index in [1.165, 1.54) is 17.0 Å². The van der Waals surface area contributed by atoms with Gasteiger partial charge in [-0.1, -0.05) is 5.57 Å². The Bertz CT molecular complexity index is 232. The number of nitrogens with one attached hydrogen (secondary N) is 1. The summed E-state index contributed by atoms with van der Waals surface area (Å²) in [5.74, 6) is 0. The highest BCUT2D eigenvalue weighted by Crippen LogP contribution is 2.20. The summed E-state index contributed by atoms with van der Waals surface area (Å²) < 4.78 is 0. The van der Waals surface area contributed by atoms with E-state index in [2.05, 4.69) is 51.1 Å². The zero-order valence-corrected chi connectivity index (χ0v) is 8.60. The number of hydrazine groups is 1. The average Bonchev–Trinajstić information content (AvgIpc) is 2.31. The van der Waals surface area contributed by atoms with Gasteiger partial charge in [0.15, 0.2) is 0 Å². The molecule has 0 saturated carbocycles. The van der Waals surface area contributed by atoms with Crippen LogP contribution in [0.2, 0.25) is 0 Å². The summed E-state index contributed by atoms with van der Waals surface area (Å²) >= 11 is 0. The molecule has 0 bridgehead atoms. The molecular formula is C10H18N2. The summed E-state index contributed by atoms with van der Waals surface area (Å²) in [7, 11) is 0. The van der Waals surface area contributed by atoms with Crippen molar-refractivity contribution in [3.05, 3.63) is 23.0 Å².